The van der Waals surface area contributed by atoms with E-state index in [0.29, 0.717) is 11.8 Å². The van der Waals surface area contributed by atoms with Gasteiger partial charge in [-0.1, -0.05) is 15.9 Å². The lowest BCUT2D eigenvalue weighted by Gasteiger charge is -2.31. The van der Waals surface area contributed by atoms with E-state index in [1.54, 1.807) is 6.07 Å². The molecule has 0 bridgehead atoms. The normalized spacial score (nSPS) is 21.5. The molecule has 1 aromatic carbocycles. The predicted molar refractivity (Wildman–Crippen MR) is 97.0 cm³/mol. The van der Waals surface area contributed by atoms with Crippen molar-refractivity contribution in [3.05, 3.63) is 45.7 Å². The van der Waals surface area contributed by atoms with Crippen molar-refractivity contribution in [2.45, 2.75) is 44.1 Å². The third kappa shape index (κ3) is 4.16. The molecule has 1 saturated carbocycles. The fraction of sp³-hybridized carbons (Fsp3) is 0.529. The van der Waals surface area contributed by atoms with Gasteiger partial charge < -0.3 is 0 Å². The molecule has 2 heterocycles. The van der Waals surface area contributed by atoms with Crippen LogP contribution >= 0.6 is 28.3 Å². The van der Waals surface area contributed by atoms with Gasteiger partial charge in [0.25, 0.3) is 0 Å². The van der Waals surface area contributed by atoms with Crippen LogP contribution in [0, 0.1) is 5.82 Å². The Morgan fingerprint density at radius 3 is 2.79 bits per heavy atom. The number of likely N-dealkylation sites (tertiary alicyclic amines) is 1. The highest BCUT2D eigenvalue weighted by molar-refractivity contribution is 9.10. The van der Waals surface area contributed by atoms with Crippen LogP contribution in [0.3, 0.4) is 0 Å². The van der Waals surface area contributed by atoms with E-state index < -0.39 is 0 Å². The Morgan fingerprint density at radius 2 is 2.04 bits per heavy atom. The van der Waals surface area contributed by atoms with Gasteiger partial charge in [-0.15, -0.1) is 12.4 Å². The smallest absolute Gasteiger partial charge is 0.155 e. The summed E-state index contributed by atoms with van der Waals surface area (Å²) in [4.78, 5) is 7.08. The second-order valence-electron chi connectivity index (χ2n) is 6.71. The van der Waals surface area contributed by atoms with Crippen LogP contribution in [0.25, 0.3) is 0 Å². The molecule has 2 aromatic rings. The number of halogens is 3. The van der Waals surface area contributed by atoms with Crippen LogP contribution in [-0.4, -0.2) is 33.2 Å². The summed E-state index contributed by atoms with van der Waals surface area (Å²) in [5.41, 5.74) is 1.01. The van der Waals surface area contributed by atoms with Crippen molar-refractivity contribution < 1.29 is 4.39 Å². The van der Waals surface area contributed by atoms with Crippen molar-refractivity contribution in [3.8, 4) is 0 Å². The number of hydrogen-bond donors (Lipinski definition) is 1. The van der Waals surface area contributed by atoms with Crippen LogP contribution in [0.1, 0.15) is 54.7 Å². The first-order chi connectivity index (χ1) is 11.2. The van der Waals surface area contributed by atoms with Crippen molar-refractivity contribution in [1.29, 1.82) is 0 Å². The third-order valence-corrected chi connectivity index (χ3v) is 5.14. The molecule has 7 heteroatoms. The molecule has 4 nitrogen and oxygen atoms in total. The summed E-state index contributed by atoms with van der Waals surface area (Å²) in [6.07, 6.45) is 4.74. The maximum atomic E-state index is 13.5. The van der Waals surface area contributed by atoms with Crippen LogP contribution in [0.15, 0.2) is 22.7 Å². The molecule has 4 rings (SSSR count). The predicted octanol–water partition coefficient (Wildman–Crippen LogP) is 4.39. The topological polar surface area (TPSA) is 44.8 Å². The lowest BCUT2D eigenvalue weighted by Crippen LogP contribution is -2.34. The summed E-state index contributed by atoms with van der Waals surface area (Å²) in [6, 6.07) is 5.10. The minimum Gasteiger partial charge on any atom is -0.298 e. The van der Waals surface area contributed by atoms with Gasteiger partial charge in [0.1, 0.15) is 11.6 Å². The van der Waals surface area contributed by atoms with Gasteiger partial charge in [-0.2, -0.15) is 5.10 Å². The summed E-state index contributed by atoms with van der Waals surface area (Å²) >= 11 is 3.37. The van der Waals surface area contributed by atoms with Crippen LogP contribution in [0.2, 0.25) is 0 Å². The minimum atomic E-state index is -0.189. The van der Waals surface area contributed by atoms with E-state index in [1.807, 2.05) is 6.07 Å². The zero-order chi connectivity index (χ0) is 15.8. The molecule has 1 aromatic heterocycles. The number of benzene rings is 1. The lowest BCUT2D eigenvalue weighted by atomic mass is 9.97. The van der Waals surface area contributed by atoms with E-state index >= 15 is 0 Å². The maximum absolute atomic E-state index is 13.5. The minimum absolute atomic E-state index is 0. The molecule has 1 saturated heterocycles. The monoisotopic (exact) mass is 414 g/mol. The molecule has 2 aliphatic rings. The van der Waals surface area contributed by atoms with E-state index in [9.17, 15) is 4.39 Å². The fourth-order valence-electron chi connectivity index (χ4n) is 3.38. The van der Waals surface area contributed by atoms with E-state index in [4.69, 9.17) is 4.98 Å². The third-order valence-electron chi connectivity index (χ3n) is 4.68. The summed E-state index contributed by atoms with van der Waals surface area (Å²) < 4.78 is 14.3. The van der Waals surface area contributed by atoms with Crippen LogP contribution in [0.5, 0.6) is 0 Å². The molecule has 1 unspecified atom stereocenters. The number of H-pyrrole nitrogens is 1. The molecule has 1 N–H and O–H groups in total. The zero-order valence-electron chi connectivity index (χ0n) is 13.3. The number of nitrogens with zero attached hydrogens (tertiary/aromatic N) is 3. The van der Waals surface area contributed by atoms with Gasteiger partial charge in [0.2, 0.25) is 0 Å². The van der Waals surface area contributed by atoms with Gasteiger partial charge in [-0.3, -0.25) is 10.00 Å². The fourth-order valence-corrected chi connectivity index (χ4v) is 3.89. The molecule has 130 valence electrons. The molecular formula is C17H21BrClFN4. The van der Waals surface area contributed by atoms with Gasteiger partial charge in [0.15, 0.2) is 5.82 Å². The molecule has 1 aliphatic heterocycles. The molecule has 2 fully saturated rings. The van der Waals surface area contributed by atoms with Gasteiger partial charge >= 0.3 is 0 Å². The van der Waals surface area contributed by atoms with Gasteiger partial charge in [0, 0.05) is 29.4 Å². The molecule has 1 aliphatic carbocycles. The van der Waals surface area contributed by atoms with Crippen LogP contribution in [-0.2, 0) is 6.54 Å². The SMILES string of the molecule is Cl.Fc1cc(Br)cc(CN2CCCC(c3n[nH]c(C4CC4)n3)C2)c1. The van der Waals surface area contributed by atoms with Crippen molar-refractivity contribution in [1.82, 2.24) is 20.1 Å². The Bertz CT molecular complexity index is 683. The first-order valence-corrected chi connectivity index (χ1v) is 9.06. The number of aromatic amines is 1. The highest BCUT2D eigenvalue weighted by Crippen LogP contribution is 2.38. The lowest BCUT2D eigenvalue weighted by molar-refractivity contribution is 0.196. The van der Waals surface area contributed by atoms with E-state index in [-0.39, 0.29) is 18.2 Å². The molecule has 0 amide bonds. The van der Waals surface area contributed by atoms with Gasteiger partial charge in [0.05, 0.1) is 0 Å². The molecule has 0 radical (unpaired) electrons. The van der Waals surface area contributed by atoms with E-state index in [1.165, 1.54) is 18.9 Å². The summed E-state index contributed by atoms with van der Waals surface area (Å²) in [7, 11) is 0. The average molecular weight is 416 g/mol. The number of rotatable bonds is 4. The number of hydrogen-bond acceptors (Lipinski definition) is 3. The Labute approximate surface area is 155 Å². The average Bonchev–Trinajstić information content (AvgIpc) is 3.24. The van der Waals surface area contributed by atoms with Gasteiger partial charge in [-0.05, 0) is 56.0 Å². The number of nitrogens with one attached hydrogen (secondary N) is 1. The standard InChI is InChI=1S/C17H20BrFN4.ClH/c18-14-6-11(7-15(19)8-14)9-23-5-1-2-13(10-23)17-20-16(21-22-17)12-3-4-12;/h6-8,12-13H,1-5,9-10H2,(H,20,21,22);1H. The van der Waals surface area contributed by atoms with Crippen LogP contribution in [0.4, 0.5) is 4.39 Å². The van der Waals surface area contributed by atoms with Crippen molar-refractivity contribution in [2.75, 3.05) is 13.1 Å². The van der Waals surface area contributed by atoms with Gasteiger partial charge in [-0.25, -0.2) is 9.37 Å². The highest BCUT2D eigenvalue weighted by Gasteiger charge is 2.30. The van der Waals surface area contributed by atoms with Crippen LogP contribution < -0.4 is 0 Å². The Kier molecular flexibility index (Phi) is 5.57. The molecule has 0 spiro atoms. The maximum Gasteiger partial charge on any atom is 0.155 e. The summed E-state index contributed by atoms with van der Waals surface area (Å²) in [6.45, 7) is 2.76. The summed E-state index contributed by atoms with van der Waals surface area (Å²) in [5, 5.41) is 7.55. The Hall–Kier alpha value is -0.980. The highest BCUT2D eigenvalue weighted by atomic mass is 79.9. The van der Waals surface area contributed by atoms with Crippen molar-refractivity contribution in [3.63, 3.8) is 0 Å². The second kappa shape index (κ2) is 7.50. The van der Waals surface area contributed by atoms with Crippen molar-refractivity contribution in [2.24, 2.45) is 0 Å². The second-order valence-corrected chi connectivity index (χ2v) is 7.62. The molecule has 24 heavy (non-hydrogen) atoms. The zero-order valence-corrected chi connectivity index (χ0v) is 15.7. The Morgan fingerprint density at radius 1 is 1.21 bits per heavy atom. The first-order valence-electron chi connectivity index (χ1n) is 8.27. The van der Waals surface area contributed by atoms with E-state index in [0.717, 1.165) is 54.2 Å². The Balaban J connectivity index is 0.00000169. The summed E-state index contributed by atoms with van der Waals surface area (Å²) in [5.74, 6) is 2.82. The molecule has 1 atom stereocenters. The largest absolute Gasteiger partial charge is 0.298 e. The van der Waals surface area contributed by atoms with Crippen molar-refractivity contribution >= 4 is 28.3 Å². The van der Waals surface area contributed by atoms with E-state index in [2.05, 4.69) is 31.0 Å². The number of piperidine rings is 1. The number of aromatic nitrogens is 3. The quantitative estimate of drug-likeness (QED) is 0.806. The first kappa shape index (κ1) is 17.8. The molecular weight excluding hydrogens is 395 g/mol.